The number of hydrogen-bond donors (Lipinski definition) is 0. The van der Waals surface area contributed by atoms with E-state index >= 15 is 0 Å². The number of allylic oxidation sites excluding steroid dienone is 1. The molecule has 1 aliphatic heterocycles. The molecule has 0 fully saturated rings. The van der Waals surface area contributed by atoms with Crippen LogP contribution in [0.25, 0.3) is 0 Å². The minimum atomic E-state index is -1.89. The van der Waals surface area contributed by atoms with Gasteiger partial charge in [0.2, 0.25) is 8.32 Å². The average Bonchev–Trinajstić information content (AvgIpc) is 3.03. The first kappa shape index (κ1) is 20.0. The van der Waals surface area contributed by atoms with Crippen molar-refractivity contribution in [2.24, 2.45) is 5.92 Å². The third kappa shape index (κ3) is 3.93. The van der Waals surface area contributed by atoms with Gasteiger partial charge in [0.15, 0.2) is 0 Å². The molecular formula is C22H33NO3Si. The minimum Gasteiger partial charge on any atom is -0.547 e. The number of para-hydroxylation sites is 1. The van der Waals surface area contributed by atoms with Crippen molar-refractivity contribution in [1.82, 2.24) is 0 Å². The van der Waals surface area contributed by atoms with Crippen LogP contribution in [0.4, 0.5) is 5.69 Å². The van der Waals surface area contributed by atoms with Crippen LogP contribution < -0.4 is 4.90 Å². The maximum atomic E-state index is 12.5. The van der Waals surface area contributed by atoms with Gasteiger partial charge >= 0.3 is 5.97 Å². The number of carbonyl (C=O) groups excluding carboxylic acids is 1. The van der Waals surface area contributed by atoms with Crippen LogP contribution in [-0.4, -0.2) is 34.0 Å². The molecule has 0 bridgehead atoms. The summed E-state index contributed by atoms with van der Waals surface area (Å²) in [6.07, 6.45) is 4.80. The summed E-state index contributed by atoms with van der Waals surface area (Å²) in [5, 5.41) is 0.156. The van der Waals surface area contributed by atoms with Crippen molar-refractivity contribution in [3.8, 4) is 0 Å². The Morgan fingerprint density at radius 1 is 1.19 bits per heavy atom. The molecule has 0 N–H and O–H groups in total. The number of nitrogens with zero attached hydrogens (tertiary/aromatic N) is 1. The van der Waals surface area contributed by atoms with Crippen molar-refractivity contribution in [2.45, 2.75) is 64.2 Å². The van der Waals surface area contributed by atoms with Crippen LogP contribution in [-0.2, 0) is 20.4 Å². The summed E-state index contributed by atoms with van der Waals surface area (Å²) in [5.74, 6) is 0.788. The Hall–Kier alpha value is -1.75. The molecular weight excluding hydrogens is 354 g/mol. The number of fused-ring (bicyclic) bond motifs is 1. The van der Waals surface area contributed by atoms with Crippen LogP contribution in [0.5, 0.6) is 0 Å². The molecule has 0 unspecified atom stereocenters. The van der Waals surface area contributed by atoms with Crippen LogP contribution in [0, 0.1) is 5.92 Å². The molecule has 0 saturated carbocycles. The largest absolute Gasteiger partial charge is 0.547 e. The van der Waals surface area contributed by atoms with Crippen molar-refractivity contribution < 1.29 is 14.0 Å². The van der Waals surface area contributed by atoms with Crippen molar-refractivity contribution in [1.29, 1.82) is 0 Å². The van der Waals surface area contributed by atoms with Gasteiger partial charge in [-0.25, -0.2) is 0 Å². The molecule has 4 nitrogen and oxygen atoms in total. The van der Waals surface area contributed by atoms with E-state index in [1.54, 1.807) is 0 Å². The summed E-state index contributed by atoms with van der Waals surface area (Å²) in [7, 11) is -0.405. The molecule has 27 heavy (non-hydrogen) atoms. The fraction of sp³-hybridized carbons (Fsp3) is 0.591. The average molecular weight is 388 g/mol. The normalized spacial score (nSPS) is 22.9. The molecule has 2 atom stereocenters. The number of ether oxygens (including phenoxy) is 1. The van der Waals surface area contributed by atoms with Crippen molar-refractivity contribution in [2.75, 3.05) is 18.6 Å². The third-order valence-corrected chi connectivity index (χ3v) is 10.8. The van der Waals surface area contributed by atoms with Crippen LogP contribution in [0.1, 0.15) is 39.2 Å². The summed E-state index contributed by atoms with van der Waals surface area (Å²) < 4.78 is 11.7. The van der Waals surface area contributed by atoms with E-state index < -0.39 is 8.32 Å². The van der Waals surface area contributed by atoms with Gasteiger partial charge in [0, 0.05) is 18.7 Å². The van der Waals surface area contributed by atoms with E-state index in [1.807, 2.05) is 0 Å². The van der Waals surface area contributed by atoms with E-state index in [2.05, 4.69) is 69.1 Å². The molecule has 0 saturated heterocycles. The first-order valence-corrected chi connectivity index (χ1v) is 12.9. The van der Waals surface area contributed by atoms with Crippen molar-refractivity contribution in [3.63, 3.8) is 0 Å². The highest BCUT2D eigenvalue weighted by Gasteiger charge is 2.42. The van der Waals surface area contributed by atoms with Gasteiger partial charge in [0.05, 0.1) is 24.8 Å². The Morgan fingerprint density at radius 2 is 1.89 bits per heavy atom. The lowest BCUT2D eigenvalue weighted by Gasteiger charge is -2.41. The molecule has 1 heterocycles. The lowest BCUT2D eigenvalue weighted by molar-refractivity contribution is -0.146. The van der Waals surface area contributed by atoms with Gasteiger partial charge in [-0.15, -0.1) is 0 Å². The summed E-state index contributed by atoms with van der Waals surface area (Å²) >= 11 is 0. The second kappa shape index (κ2) is 7.34. The summed E-state index contributed by atoms with van der Waals surface area (Å²) in [6.45, 7) is 12.3. The third-order valence-electron chi connectivity index (χ3n) is 6.45. The number of carbonyl (C=O) groups is 1. The Bertz CT molecular complexity index is 735. The van der Waals surface area contributed by atoms with Gasteiger partial charge in [-0.2, -0.15) is 0 Å². The highest BCUT2D eigenvalue weighted by atomic mass is 28.4. The van der Waals surface area contributed by atoms with Gasteiger partial charge in [-0.05, 0) is 48.7 Å². The van der Waals surface area contributed by atoms with Gasteiger partial charge in [0.1, 0.15) is 0 Å². The SMILES string of the molecule is COC(=O)[C@@H]1CCC(O[Si](C)(C)C(C)(C)C)=C[C@H]1N1CCc2ccccc21. The predicted molar refractivity (Wildman–Crippen MR) is 112 cm³/mol. The fourth-order valence-corrected chi connectivity index (χ4v) is 4.95. The zero-order valence-electron chi connectivity index (χ0n) is 17.5. The highest BCUT2D eigenvalue weighted by Crippen LogP contribution is 2.41. The highest BCUT2D eigenvalue weighted by molar-refractivity contribution is 6.74. The quantitative estimate of drug-likeness (QED) is 0.544. The second-order valence-electron chi connectivity index (χ2n) is 9.23. The molecule has 2 aliphatic rings. The lowest BCUT2D eigenvalue weighted by Crippen LogP contribution is -2.46. The number of methoxy groups -OCH3 is 1. The minimum absolute atomic E-state index is 0.00498. The molecule has 5 heteroatoms. The monoisotopic (exact) mass is 387 g/mol. The molecule has 1 aromatic rings. The van der Waals surface area contributed by atoms with Crippen LogP contribution in [0.3, 0.4) is 0 Å². The second-order valence-corrected chi connectivity index (χ2v) is 14.0. The Morgan fingerprint density at radius 3 is 2.56 bits per heavy atom. The Labute approximate surface area is 164 Å². The van der Waals surface area contributed by atoms with Crippen LogP contribution in [0.15, 0.2) is 36.1 Å². The maximum absolute atomic E-state index is 12.5. The van der Waals surface area contributed by atoms with E-state index in [0.717, 1.165) is 31.6 Å². The molecule has 0 amide bonds. The van der Waals surface area contributed by atoms with Crippen LogP contribution >= 0.6 is 0 Å². The predicted octanol–water partition coefficient (Wildman–Crippen LogP) is 4.91. The van der Waals surface area contributed by atoms with Crippen molar-refractivity contribution in [3.05, 3.63) is 41.7 Å². The molecule has 1 aliphatic carbocycles. The van der Waals surface area contributed by atoms with E-state index in [-0.39, 0.29) is 23.0 Å². The molecule has 0 spiro atoms. The first-order chi connectivity index (χ1) is 12.6. The fourth-order valence-electron chi connectivity index (χ4n) is 3.81. The van der Waals surface area contributed by atoms with E-state index in [0.29, 0.717) is 0 Å². The smallest absolute Gasteiger partial charge is 0.311 e. The molecule has 1 aromatic carbocycles. The zero-order valence-corrected chi connectivity index (χ0v) is 18.5. The van der Waals surface area contributed by atoms with Gasteiger partial charge in [-0.1, -0.05) is 39.0 Å². The van der Waals surface area contributed by atoms with Gasteiger partial charge in [0.25, 0.3) is 0 Å². The summed E-state index contributed by atoms with van der Waals surface area (Å²) in [4.78, 5) is 14.9. The zero-order chi connectivity index (χ0) is 19.8. The topological polar surface area (TPSA) is 38.8 Å². The van der Waals surface area contributed by atoms with Gasteiger partial charge in [-0.3, -0.25) is 4.79 Å². The first-order valence-electron chi connectivity index (χ1n) is 9.96. The number of benzene rings is 1. The van der Waals surface area contributed by atoms with Crippen LogP contribution in [0.2, 0.25) is 18.1 Å². The van der Waals surface area contributed by atoms with E-state index in [1.165, 1.54) is 18.4 Å². The summed E-state index contributed by atoms with van der Waals surface area (Å²) in [5.41, 5.74) is 2.59. The van der Waals surface area contributed by atoms with E-state index in [4.69, 9.17) is 9.16 Å². The molecule has 0 radical (unpaired) electrons. The maximum Gasteiger partial charge on any atom is 0.311 e. The molecule has 3 rings (SSSR count). The number of rotatable bonds is 4. The summed E-state index contributed by atoms with van der Waals surface area (Å²) in [6, 6.07) is 8.50. The lowest BCUT2D eigenvalue weighted by atomic mass is 9.87. The standard InChI is InChI=1S/C22H33NO3Si/c1-22(2,3)27(5,6)26-17-11-12-18(21(24)25-4)20(15-17)23-14-13-16-9-7-8-10-19(16)23/h7-10,15,18,20H,11-14H2,1-6H3/t18-,20-/m1/s1. The Balaban J connectivity index is 1.92. The van der Waals surface area contributed by atoms with Gasteiger partial charge < -0.3 is 14.1 Å². The Kier molecular flexibility index (Phi) is 5.44. The number of esters is 1. The van der Waals surface area contributed by atoms with E-state index in [9.17, 15) is 4.79 Å². The number of hydrogen-bond acceptors (Lipinski definition) is 4. The number of anilines is 1. The molecule has 0 aromatic heterocycles. The molecule has 148 valence electrons. The van der Waals surface area contributed by atoms with Crippen molar-refractivity contribution >= 4 is 20.0 Å².